The molecule has 2 heteroatoms. The van der Waals surface area contributed by atoms with Gasteiger partial charge in [0.25, 0.3) is 0 Å². The molecule has 0 saturated heterocycles. The molecule has 0 aromatic carbocycles. The quantitative estimate of drug-likeness (QED) is 0.751. The summed E-state index contributed by atoms with van der Waals surface area (Å²) in [5.41, 5.74) is -0.257. The summed E-state index contributed by atoms with van der Waals surface area (Å²) in [5, 5.41) is 12.6. The van der Waals surface area contributed by atoms with Gasteiger partial charge in [-0.2, -0.15) is 0 Å². The largest absolute Gasteiger partial charge is 0.384 e. The molecule has 0 bridgehead atoms. The highest BCUT2D eigenvalue weighted by Crippen LogP contribution is 2.47. The average molecular weight is 210 g/mol. The van der Waals surface area contributed by atoms with Crippen LogP contribution in [0.15, 0.2) is 17.5 Å². The summed E-state index contributed by atoms with van der Waals surface area (Å²) in [5.74, 6) is 0. The first-order valence-corrected chi connectivity index (χ1v) is 6.16. The van der Waals surface area contributed by atoms with E-state index in [1.54, 1.807) is 11.3 Å². The van der Waals surface area contributed by atoms with Crippen LogP contribution in [0.25, 0.3) is 0 Å². The van der Waals surface area contributed by atoms with E-state index in [-0.39, 0.29) is 5.41 Å². The second-order valence-electron chi connectivity index (χ2n) is 5.20. The molecule has 1 unspecified atom stereocenters. The van der Waals surface area contributed by atoms with Gasteiger partial charge in [0, 0.05) is 4.88 Å². The normalized spacial score (nSPS) is 31.6. The van der Waals surface area contributed by atoms with Gasteiger partial charge in [-0.1, -0.05) is 19.9 Å². The number of thiophene rings is 1. The van der Waals surface area contributed by atoms with Crippen LogP contribution in [0.1, 0.15) is 44.4 Å². The van der Waals surface area contributed by atoms with Crippen molar-refractivity contribution >= 4 is 11.3 Å². The fraction of sp³-hybridized carbons (Fsp3) is 0.667. The molecule has 0 radical (unpaired) electrons. The lowest BCUT2D eigenvalue weighted by atomic mass is 9.69. The topological polar surface area (TPSA) is 20.2 Å². The summed E-state index contributed by atoms with van der Waals surface area (Å²) in [7, 11) is 0. The molecule has 0 aliphatic heterocycles. The van der Waals surface area contributed by atoms with E-state index in [0.29, 0.717) is 0 Å². The zero-order valence-electron chi connectivity index (χ0n) is 8.92. The number of rotatable bonds is 1. The number of hydrogen-bond donors (Lipinski definition) is 1. The Morgan fingerprint density at radius 2 is 2.14 bits per heavy atom. The van der Waals surface area contributed by atoms with Crippen molar-refractivity contribution in [1.82, 2.24) is 0 Å². The third kappa shape index (κ3) is 1.86. The molecule has 1 aliphatic carbocycles. The Morgan fingerprint density at radius 3 is 2.71 bits per heavy atom. The first kappa shape index (κ1) is 10.2. The lowest BCUT2D eigenvalue weighted by Crippen LogP contribution is -2.35. The van der Waals surface area contributed by atoms with Crippen LogP contribution in [0.5, 0.6) is 0 Å². The van der Waals surface area contributed by atoms with Crippen LogP contribution in [0.4, 0.5) is 0 Å². The Morgan fingerprint density at radius 1 is 1.36 bits per heavy atom. The summed E-state index contributed by atoms with van der Waals surface area (Å²) in [4.78, 5) is 1.14. The van der Waals surface area contributed by atoms with Gasteiger partial charge in [-0.05, 0) is 42.5 Å². The van der Waals surface area contributed by atoms with Crippen molar-refractivity contribution in [3.8, 4) is 0 Å². The van der Waals surface area contributed by atoms with Crippen molar-refractivity contribution in [3.05, 3.63) is 22.4 Å². The van der Waals surface area contributed by atoms with Crippen LogP contribution in [0.2, 0.25) is 0 Å². The molecule has 1 atom stereocenters. The lowest BCUT2D eigenvalue weighted by Gasteiger charge is -2.41. The third-order valence-corrected chi connectivity index (χ3v) is 4.26. The van der Waals surface area contributed by atoms with Gasteiger partial charge in [0.15, 0.2) is 0 Å². The standard InChI is InChI=1S/C12H18OS/c1-11(2)6-4-7-12(13,9-11)10-5-3-8-14-10/h3,5,8,13H,4,6-7,9H2,1-2H3. The number of aliphatic hydroxyl groups is 1. The van der Waals surface area contributed by atoms with Crippen molar-refractivity contribution in [3.63, 3.8) is 0 Å². The Hall–Kier alpha value is -0.340. The van der Waals surface area contributed by atoms with Crippen LogP contribution in [-0.4, -0.2) is 5.11 Å². The van der Waals surface area contributed by atoms with Crippen LogP contribution in [0.3, 0.4) is 0 Å². The van der Waals surface area contributed by atoms with Gasteiger partial charge < -0.3 is 5.11 Å². The third-order valence-electron chi connectivity index (χ3n) is 3.19. The second kappa shape index (κ2) is 3.35. The van der Waals surface area contributed by atoms with Crippen molar-refractivity contribution in [2.45, 2.75) is 45.1 Å². The SMILES string of the molecule is CC1(C)CCCC(O)(c2cccs2)C1. The van der Waals surface area contributed by atoms with Crippen LogP contribution < -0.4 is 0 Å². The van der Waals surface area contributed by atoms with Crippen molar-refractivity contribution in [1.29, 1.82) is 0 Å². The van der Waals surface area contributed by atoms with E-state index < -0.39 is 5.60 Å². The van der Waals surface area contributed by atoms with Gasteiger partial charge in [-0.3, -0.25) is 0 Å². The lowest BCUT2D eigenvalue weighted by molar-refractivity contribution is -0.0411. The first-order chi connectivity index (χ1) is 6.52. The molecule has 2 rings (SSSR count). The predicted octanol–water partition coefficient (Wildman–Crippen LogP) is 3.54. The van der Waals surface area contributed by atoms with E-state index in [1.165, 1.54) is 6.42 Å². The Balaban J connectivity index is 2.24. The van der Waals surface area contributed by atoms with E-state index in [1.807, 2.05) is 6.07 Å². The van der Waals surface area contributed by atoms with Gasteiger partial charge in [0.1, 0.15) is 0 Å². The van der Waals surface area contributed by atoms with Gasteiger partial charge in [0.2, 0.25) is 0 Å². The molecule has 1 saturated carbocycles. The Bertz CT molecular complexity index is 302. The summed E-state index contributed by atoms with van der Waals surface area (Å²) in [6, 6.07) is 4.09. The minimum Gasteiger partial charge on any atom is -0.384 e. The molecule has 1 aromatic rings. The van der Waals surface area contributed by atoms with E-state index >= 15 is 0 Å². The Labute approximate surface area is 89.8 Å². The highest BCUT2D eigenvalue weighted by atomic mass is 32.1. The predicted molar refractivity (Wildman–Crippen MR) is 60.5 cm³/mol. The molecule has 1 nitrogen and oxygen atoms in total. The minimum atomic E-state index is -0.546. The zero-order chi connectivity index (χ0) is 10.2. The number of hydrogen-bond acceptors (Lipinski definition) is 2. The maximum absolute atomic E-state index is 10.6. The summed E-state index contributed by atoms with van der Waals surface area (Å²) < 4.78 is 0. The molecule has 0 spiro atoms. The smallest absolute Gasteiger partial charge is 0.0992 e. The molecule has 1 aliphatic rings. The minimum absolute atomic E-state index is 0.289. The molecule has 1 fully saturated rings. The second-order valence-corrected chi connectivity index (χ2v) is 6.15. The fourth-order valence-electron chi connectivity index (χ4n) is 2.58. The van der Waals surface area contributed by atoms with Crippen molar-refractivity contribution in [2.75, 3.05) is 0 Å². The maximum Gasteiger partial charge on any atom is 0.0992 e. The first-order valence-electron chi connectivity index (χ1n) is 5.28. The van der Waals surface area contributed by atoms with E-state index in [0.717, 1.165) is 24.1 Å². The maximum atomic E-state index is 10.6. The van der Waals surface area contributed by atoms with E-state index in [2.05, 4.69) is 25.3 Å². The monoisotopic (exact) mass is 210 g/mol. The van der Waals surface area contributed by atoms with Crippen LogP contribution in [0, 0.1) is 5.41 Å². The van der Waals surface area contributed by atoms with Gasteiger partial charge in [0.05, 0.1) is 5.60 Å². The van der Waals surface area contributed by atoms with Gasteiger partial charge >= 0.3 is 0 Å². The molecule has 78 valence electrons. The average Bonchev–Trinajstić information content (AvgIpc) is 2.52. The van der Waals surface area contributed by atoms with E-state index in [4.69, 9.17) is 0 Å². The van der Waals surface area contributed by atoms with Crippen molar-refractivity contribution < 1.29 is 5.11 Å². The van der Waals surface area contributed by atoms with Gasteiger partial charge in [-0.25, -0.2) is 0 Å². The molecule has 1 aromatic heterocycles. The molecule has 1 N–H and O–H groups in total. The Kier molecular flexibility index (Phi) is 2.44. The summed E-state index contributed by atoms with van der Waals surface area (Å²) in [6.07, 6.45) is 4.21. The summed E-state index contributed by atoms with van der Waals surface area (Å²) >= 11 is 1.68. The van der Waals surface area contributed by atoms with Crippen LogP contribution >= 0.6 is 11.3 Å². The van der Waals surface area contributed by atoms with E-state index in [9.17, 15) is 5.11 Å². The summed E-state index contributed by atoms with van der Waals surface area (Å²) in [6.45, 7) is 4.51. The van der Waals surface area contributed by atoms with Gasteiger partial charge in [-0.15, -0.1) is 11.3 Å². The highest BCUT2D eigenvalue weighted by molar-refractivity contribution is 7.10. The highest BCUT2D eigenvalue weighted by Gasteiger charge is 2.40. The van der Waals surface area contributed by atoms with Crippen molar-refractivity contribution in [2.24, 2.45) is 5.41 Å². The molecular formula is C12H18OS. The zero-order valence-corrected chi connectivity index (χ0v) is 9.73. The molecule has 0 amide bonds. The fourth-order valence-corrected chi connectivity index (χ4v) is 3.44. The molecule has 1 heterocycles. The molecule has 14 heavy (non-hydrogen) atoms. The molecular weight excluding hydrogens is 192 g/mol. The van der Waals surface area contributed by atoms with Crippen LogP contribution in [-0.2, 0) is 5.60 Å².